The number of carbonyl (C=O) groups excluding carboxylic acids is 3. The summed E-state index contributed by atoms with van der Waals surface area (Å²) in [4.78, 5) is 41.3. The molecular weight excluding hydrogens is 490 g/mol. The second kappa shape index (κ2) is 6.88. The largest absolute Gasteiger partial charge is 0.276 e. The van der Waals surface area contributed by atoms with Gasteiger partial charge in [-0.15, -0.1) is 0 Å². The second-order valence-electron chi connectivity index (χ2n) is 12.0. The summed E-state index contributed by atoms with van der Waals surface area (Å²) in [7, 11) is -3.87. The number of amides is 3. The predicted octanol–water partition coefficient (Wildman–Crippen LogP) is 3.38. The van der Waals surface area contributed by atoms with E-state index < -0.39 is 50.8 Å². The molecule has 3 aliphatic heterocycles. The lowest BCUT2D eigenvalue weighted by atomic mass is 9.69. The van der Waals surface area contributed by atoms with E-state index >= 15 is 0 Å². The lowest BCUT2D eigenvalue weighted by Gasteiger charge is -2.37. The molecule has 0 radical (unpaired) electrons. The molecule has 5 aliphatic rings. The SMILES string of the molecule is CC1(C)[C@@H]2CC[C@]13CS(=O)(=O)N(C(=O)[C@]1(C)[C@@H](c4ccccc4)N1N1C(=O)c4ccccc4C1=O)[C@@H]3C2. The summed E-state index contributed by atoms with van der Waals surface area (Å²) in [5.74, 6) is -1.21. The lowest BCUT2D eigenvalue weighted by Crippen LogP contribution is -2.51. The number of carbonyl (C=O) groups is 3. The highest BCUT2D eigenvalue weighted by Gasteiger charge is 2.77. The number of hydrazine groups is 1. The Morgan fingerprint density at radius 1 is 0.919 bits per heavy atom. The Morgan fingerprint density at radius 2 is 1.51 bits per heavy atom. The van der Waals surface area contributed by atoms with Crippen LogP contribution in [0.25, 0.3) is 0 Å². The lowest BCUT2D eigenvalue weighted by molar-refractivity contribution is -0.133. The second-order valence-corrected chi connectivity index (χ2v) is 13.8. The first kappa shape index (κ1) is 23.1. The van der Waals surface area contributed by atoms with E-state index in [9.17, 15) is 22.8 Å². The van der Waals surface area contributed by atoms with Crippen LogP contribution >= 0.6 is 0 Å². The van der Waals surface area contributed by atoms with E-state index in [1.54, 1.807) is 31.2 Å². The monoisotopic (exact) mass is 519 g/mol. The molecule has 7 rings (SSSR count). The fraction of sp³-hybridized carbons (Fsp3) is 0.464. The number of benzene rings is 2. The van der Waals surface area contributed by atoms with E-state index in [1.165, 1.54) is 5.01 Å². The van der Waals surface area contributed by atoms with E-state index in [2.05, 4.69) is 13.8 Å². The molecule has 8 nitrogen and oxygen atoms in total. The van der Waals surface area contributed by atoms with Crippen molar-refractivity contribution in [1.29, 1.82) is 0 Å². The van der Waals surface area contributed by atoms with Crippen LogP contribution in [0.1, 0.15) is 72.4 Å². The molecule has 2 saturated heterocycles. The quantitative estimate of drug-likeness (QED) is 0.456. The maximum atomic E-state index is 14.5. The van der Waals surface area contributed by atoms with Crippen LogP contribution in [0.4, 0.5) is 0 Å². The first-order valence-corrected chi connectivity index (χ1v) is 14.5. The number of rotatable bonds is 3. The van der Waals surface area contributed by atoms with Gasteiger partial charge in [-0.25, -0.2) is 12.7 Å². The normalized spacial score (nSPS) is 38.1. The standard InChI is InChI=1S/C28H29N3O5S/c1-26(2)18-13-14-28(26)16-37(35,36)30(21(28)15-18)25(34)27(3)22(17-9-5-4-6-10-17)31(27)29-23(32)19-11-7-8-12-20(19)24(29)33/h4-12,18,21-22H,13-16H2,1-3H3/t18-,21-,22-,27+,28-,31?/m1/s1. The molecule has 9 heteroatoms. The van der Waals surface area contributed by atoms with E-state index in [4.69, 9.17) is 0 Å². The van der Waals surface area contributed by atoms with Gasteiger partial charge < -0.3 is 0 Å². The number of sulfonamides is 1. The van der Waals surface area contributed by atoms with E-state index in [-0.39, 0.29) is 22.3 Å². The Morgan fingerprint density at radius 3 is 2.11 bits per heavy atom. The molecule has 1 spiro atoms. The number of hydrogen-bond donors (Lipinski definition) is 0. The van der Waals surface area contributed by atoms with Gasteiger partial charge in [0.25, 0.3) is 17.7 Å². The molecular formula is C28H29N3O5S. The summed E-state index contributed by atoms with van der Waals surface area (Å²) in [6.07, 6.45) is 2.43. The van der Waals surface area contributed by atoms with Crippen LogP contribution in [0.2, 0.25) is 0 Å². The van der Waals surface area contributed by atoms with Crippen molar-refractivity contribution in [2.75, 3.05) is 5.75 Å². The van der Waals surface area contributed by atoms with Gasteiger partial charge in [0.05, 0.1) is 29.0 Å². The molecule has 2 aromatic carbocycles. The van der Waals surface area contributed by atoms with Gasteiger partial charge in [0.1, 0.15) is 5.54 Å². The Balaban J connectivity index is 1.33. The van der Waals surface area contributed by atoms with Crippen molar-refractivity contribution in [2.24, 2.45) is 16.7 Å². The molecule has 1 unspecified atom stereocenters. The highest BCUT2D eigenvalue weighted by Crippen LogP contribution is 2.71. The maximum absolute atomic E-state index is 14.5. The van der Waals surface area contributed by atoms with Gasteiger partial charge in [0.2, 0.25) is 10.0 Å². The molecule has 6 atom stereocenters. The third-order valence-electron chi connectivity index (χ3n) is 10.3. The predicted molar refractivity (Wildman–Crippen MR) is 134 cm³/mol. The molecule has 2 aliphatic carbocycles. The van der Waals surface area contributed by atoms with Gasteiger partial charge >= 0.3 is 0 Å². The third kappa shape index (κ3) is 2.57. The average Bonchev–Trinajstić information content (AvgIpc) is 3.01. The van der Waals surface area contributed by atoms with Gasteiger partial charge in [-0.05, 0) is 55.2 Å². The van der Waals surface area contributed by atoms with Crippen LogP contribution < -0.4 is 0 Å². The molecule has 4 fully saturated rings. The highest BCUT2D eigenvalue weighted by molar-refractivity contribution is 7.90. The Kier molecular flexibility index (Phi) is 4.30. The molecule has 2 aromatic rings. The minimum absolute atomic E-state index is 0.0288. The minimum atomic E-state index is -3.87. The summed E-state index contributed by atoms with van der Waals surface area (Å²) in [6, 6.07) is 14.7. The van der Waals surface area contributed by atoms with E-state index in [1.807, 2.05) is 30.3 Å². The van der Waals surface area contributed by atoms with Crippen LogP contribution in [-0.2, 0) is 14.8 Å². The van der Waals surface area contributed by atoms with Crippen molar-refractivity contribution in [3.63, 3.8) is 0 Å². The molecule has 37 heavy (non-hydrogen) atoms. The fourth-order valence-corrected chi connectivity index (χ4v) is 10.8. The highest BCUT2D eigenvalue weighted by atomic mass is 32.2. The van der Waals surface area contributed by atoms with Crippen molar-refractivity contribution >= 4 is 27.7 Å². The van der Waals surface area contributed by atoms with E-state index in [0.717, 1.165) is 27.7 Å². The number of nitrogens with zero attached hydrogens (tertiary/aromatic N) is 3. The van der Waals surface area contributed by atoms with Crippen molar-refractivity contribution in [3.8, 4) is 0 Å². The topological polar surface area (TPSA) is 94.8 Å². The first-order chi connectivity index (χ1) is 17.5. The molecule has 2 saturated carbocycles. The minimum Gasteiger partial charge on any atom is -0.271 e. The number of fused-ring (bicyclic) bond motifs is 2. The molecule has 3 heterocycles. The van der Waals surface area contributed by atoms with Crippen LogP contribution in [-0.4, -0.2) is 57.8 Å². The Hall–Kier alpha value is -3.04. The van der Waals surface area contributed by atoms with Crippen LogP contribution in [0.5, 0.6) is 0 Å². The van der Waals surface area contributed by atoms with Crippen molar-refractivity contribution in [3.05, 3.63) is 71.3 Å². The average molecular weight is 520 g/mol. The van der Waals surface area contributed by atoms with Crippen LogP contribution in [0, 0.1) is 16.7 Å². The molecule has 0 N–H and O–H groups in total. The zero-order valence-electron chi connectivity index (χ0n) is 21.0. The third-order valence-corrected chi connectivity index (χ3v) is 12.2. The van der Waals surface area contributed by atoms with Crippen molar-refractivity contribution in [1.82, 2.24) is 14.3 Å². The molecule has 2 bridgehead atoms. The number of imide groups is 1. The van der Waals surface area contributed by atoms with Gasteiger partial charge in [0, 0.05) is 5.41 Å². The maximum Gasteiger partial charge on any atom is 0.276 e. The summed E-state index contributed by atoms with van der Waals surface area (Å²) >= 11 is 0. The van der Waals surface area contributed by atoms with Gasteiger partial charge in [-0.3, -0.25) is 14.4 Å². The molecule has 3 amide bonds. The van der Waals surface area contributed by atoms with Gasteiger partial charge in [0.15, 0.2) is 0 Å². The van der Waals surface area contributed by atoms with Crippen molar-refractivity contribution < 1.29 is 22.8 Å². The van der Waals surface area contributed by atoms with Gasteiger partial charge in [-0.2, -0.15) is 10.0 Å². The van der Waals surface area contributed by atoms with Crippen LogP contribution in [0.15, 0.2) is 54.6 Å². The van der Waals surface area contributed by atoms with Gasteiger partial charge in [-0.1, -0.05) is 56.3 Å². The molecule has 192 valence electrons. The summed E-state index contributed by atoms with van der Waals surface area (Å²) in [5.41, 5.74) is -0.730. The zero-order chi connectivity index (χ0) is 26.1. The summed E-state index contributed by atoms with van der Waals surface area (Å²) in [6.45, 7) is 5.95. The smallest absolute Gasteiger partial charge is 0.271 e. The Labute approximate surface area is 216 Å². The fourth-order valence-electron chi connectivity index (χ4n) is 8.16. The van der Waals surface area contributed by atoms with Crippen molar-refractivity contribution in [2.45, 2.75) is 57.7 Å². The zero-order valence-corrected chi connectivity index (χ0v) is 21.9. The summed E-state index contributed by atoms with van der Waals surface area (Å²) < 4.78 is 28.5. The molecule has 0 aromatic heterocycles. The van der Waals surface area contributed by atoms with Crippen LogP contribution in [0.3, 0.4) is 0 Å². The summed E-state index contributed by atoms with van der Waals surface area (Å²) in [5, 5.41) is 2.54. The Bertz CT molecular complexity index is 1470. The number of hydrogen-bond acceptors (Lipinski definition) is 6. The van der Waals surface area contributed by atoms with E-state index in [0.29, 0.717) is 12.3 Å². The first-order valence-electron chi connectivity index (χ1n) is 12.9.